The number of anilines is 1. The monoisotopic (exact) mass is 1020 g/mol. The summed E-state index contributed by atoms with van der Waals surface area (Å²) < 4.78 is 56.4. The van der Waals surface area contributed by atoms with E-state index in [-0.39, 0.29) is 18.7 Å². The molecule has 20 nitrogen and oxygen atoms in total. The Kier molecular flexibility index (Phi) is 30.6. The summed E-state index contributed by atoms with van der Waals surface area (Å²) in [5.41, 5.74) is 4.56. The van der Waals surface area contributed by atoms with E-state index in [2.05, 4.69) is 23.1 Å². The highest BCUT2D eigenvalue weighted by molar-refractivity contribution is 7.61. The fourth-order valence-electron chi connectivity index (χ4n) is 6.47. The maximum atomic E-state index is 12.8. The zero-order valence-electron chi connectivity index (χ0n) is 40.0. The number of allylic oxidation sites excluding steroid dienone is 8. The molecule has 1 aromatic rings. The Morgan fingerprint density at radius 3 is 2.16 bits per heavy atom. The average Bonchev–Trinajstić information content (AvgIpc) is 3.56. The van der Waals surface area contributed by atoms with Gasteiger partial charge in [-0.1, -0.05) is 139 Å². The van der Waals surface area contributed by atoms with Crippen LogP contribution in [0.2, 0.25) is 0 Å². The van der Waals surface area contributed by atoms with Crippen molar-refractivity contribution in [2.75, 3.05) is 25.6 Å². The first-order chi connectivity index (χ1) is 32.8. The standard InChI is InChI=1S/C47H75N3O17P2/c1-4-5-17-25-37(51)26-19-13-9-7-10-14-20-27-38(52)28-21-16-23-29-42(53)62-33-39(65-43(54)30-22-15-11-6-8-12-18-24-36(2)3)34-63-68(58,59)67-69(60,61)64-35-40-44(55)45(56)46(66-40)50-32-31-41(48)49-47(50)57/h5,9-10,13-14,17,19-21,26-28,31-32,36-40,44-46,51-52,55-56H,4,6-8,11-12,15-16,18,22-25,29-30,33-35H2,1-3H3,(H,58,59)(H,60,61)(H2,48,49,57)/b13-9-,14-10-,17-5-,26-19+,27-20+,28-21-/t37-,38-,39-,40-,44-,45-,46-/m1/s1. The highest BCUT2D eigenvalue weighted by Gasteiger charge is 2.46. The Hall–Kier alpha value is -3.88. The molecule has 0 amide bonds. The number of carbonyl (C=O) groups excluding carboxylic acids is 2. The number of esters is 2. The van der Waals surface area contributed by atoms with Crippen LogP contribution in [0.4, 0.5) is 5.82 Å². The predicted octanol–water partition coefficient (Wildman–Crippen LogP) is 6.74. The smallest absolute Gasteiger partial charge is 0.462 e. The SMILES string of the molecule is CC/C=C\C[C@@H](O)/C=C/C=C\C/C=C\C=C\[C@@H](O)/C=C\CCCC(=O)OC[C@H](COP(=O)(O)OP(=O)(O)OC[C@H]1O[C@@H](n2ccc(N)nc2=O)[C@H](O)[C@@H]1O)OC(=O)CCCCCCCCCC(C)C. The quantitative estimate of drug-likeness (QED) is 0.0120. The molecule has 1 aliphatic rings. The van der Waals surface area contributed by atoms with Crippen LogP contribution in [0, 0.1) is 5.92 Å². The van der Waals surface area contributed by atoms with Gasteiger partial charge in [-0.25, -0.2) is 13.9 Å². The Morgan fingerprint density at radius 1 is 0.826 bits per heavy atom. The fraction of sp³-hybridized carbons (Fsp3) is 0.617. The maximum Gasteiger partial charge on any atom is 0.481 e. The first-order valence-corrected chi connectivity index (χ1v) is 26.5. The molecule has 1 aromatic heterocycles. The lowest BCUT2D eigenvalue weighted by atomic mass is 10.0. The van der Waals surface area contributed by atoms with Crippen molar-refractivity contribution < 1.29 is 76.5 Å². The summed E-state index contributed by atoms with van der Waals surface area (Å²) in [5, 5.41) is 40.9. The van der Waals surface area contributed by atoms with Crippen molar-refractivity contribution in [2.24, 2.45) is 5.92 Å². The minimum atomic E-state index is -5.46. The van der Waals surface area contributed by atoms with Crippen LogP contribution in [0.1, 0.15) is 123 Å². The summed E-state index contributed by atoms with van der Waals surface area (Å²) in [6.07, 6.45) is 24.0. The van der Waals surface area contributed by atoms with Gasteiger partial charge in [0.1, 0.15) is 30.7 Å². The summed E-state index contributed by atoms with van der Waals surface area (Å²) in [6, 6.07) is 1.23. The molecule has 390 valence electrons. The van der Waals surface area contributed by atoms with Crippen LogP contribution in [0.3, 0.4) is 0 Å². The third-order valence-electron chi connectivity index (χ3n) is 10.2. The number of phosphoric ester groups is 2. The average molecular weight is 1020 g/mol. The van der Waals surface area contributed by atoms with E-state index in [9.17, 15) is 53.7 Å². The molecule has 8 N–H and O–H groups in total. The van der Waals surface area contributed by atoms with Crippen LogP contribution >= 0.6 is 15.6 Å². The highest BCUT2D eigenvalue weighted by Crippen LogP contribution is 2.60. The number of aliphatic hydroxyl groups is 4. The second-order valence-corrected chi connectivity index (χ2v) is 19.8. The summed E-state index contributed by atoms with van der Waals surface area (Å²) >= 11 is 0. The summed E-state index contributed by atoms with van der Waals surface area (Å²) in [5.74, 6) is -0.836. The number of rotatable bonds is 36. The zero-order chi connectivity index (χ0) is 51.1. The van der Waals surface area contributed by atoms with Crippen molar-refractivity contribution in [3.05, 3.63) is 95.7 Å². The number of aromatic nitrogens is 2. The lowest BCUT2D eigenvalue weighted by Crippen LogP contribution is -2.36. The van der Waals surface area contributed by atoms with Crippen LogP contribution < -0.4 is 11.4 Å². The van der Waals surface area contributed by atoms with Crippen LogP contribution in [0.25, 0.3) is 0 Å². The minimum Gasteiger partial charge on any atom is -0.462 e. The van der Waals surface area contributed by atoms with E-state index in [1.807, 2.05) is 37.3 Å². The van der Waals surface area contributed by atoms with Gasteiger partial charge in [0.05, 0.1) is 25.4 Å². The molecule has 1 aliphatic heterocycles. The van der Waals surface area contributed by atoms with E-state index in [1.54, 1.807) is 42.5 Å². The maximum absolute atomic E-state index is 12.8. The Labute approximate surface area is 405 Å². The summed E-state index contributed by atoms with van der Waals surface area (Å²) in [7, 11) is -10.9. The zero-order valence-corrected chi connectivity index (χ0v) is 41.8. The van der Waals surface area contributed by atoms with Gasteiger partial charge < -0.3 is 50.2 Å². The van der Waals surface area contributed by atoms with Crippen molar-refractivity contribution in [1.29, 1.82) is 0 Å². The van der Waals surface area contributed by atoms with Crippen molar-refractivity contribution in [2.45, 2.75) is 160 Å². The predicted molar refractivity (Wildman–Crippen MR) is 259 cm³/mol. The molecule has 2 rings (SSSR count). The molecule has 1 saturated heterocycles. The molecule has 2 heterocycles. The number of phosphoric acid groups is 2. The van der Waals surface area contributed by atoms with Gasteiger partial charge in [0.2, 0.25) is 0 Å². The van der Waals surface area contributed by atoms with E-state index in [4.69, 9.17) is 29.0 Å². The Morgan fingerprint density at radius 2 is 1.48 bits per heavy atom. The van der Waals surface area contributed by atoms with Crippen LogP contribution in [0.5, 0.6) is 0 Å². The van der Waals surface area contributed by atoms with Crippen LogP contribution in [-0.4, -0.2) is 108 Å². The molecule has 22 heteroatoms. The van der Waals surface area contributed by atoms with Gasteiger partial charge in [0, 0.05) is 19.0 Å². The van der Waals surface area contributed by atoms with Gasteiger partial charge in [0.25, 0.3) is 0 Å². The number of ether oxygens (including phenoxy) is 3. The number of hydrogen-bond donors (Lipinski definition) is 7. The van der Waals surface area contributed by atoms with Gasteiger partial charge in [-0.2, -0.15) is 9.29 Å². The minimum absolute atomic E-state index is 0.00194. The number of nitrogens with two attached hydrogens (primary N) is 1. The highest BCUT2D eigenvalue weighted by atomic mass is 31.3. The van der Waals surface area contributed by atoms with Gasteiger partial charge in [-0.15, -0.1) is 0 Å². The van der Waals surface area contributed by atoms with Crippen molar-refractivity contribution in [3.63, 3.8) is 0 Å². The summed E-state index contributed by atoms with van der Waals surface area (Å²) in [6.45, 7) is 3.94. The van der Waals surface area contributed by atoms with Crippen molar-refractivity contribution >= 4 is 33.4 Å². The molecule has 0 radical (unpaired) electrons. The Bertz CT molecular complexity index is 1990. The fourth-order valence-corrected chi connectivity index (χ4v) is 8.58. The molecule has 1 fully saturated rings. The van der Waals surface area contributed by atoms with Crippen LogP contribution in [-0.2, 0) is 46.3 Å². The van der Waals surface area contributed by atoms with E-state index in [1.165, 1.54) is 18.9 Å². The number of unbranched alkanes of at least 4 members (excludes halogenated alkanes) is 7. The van der Waals surface area contributed by atoms with Crippen molar-refractivity contribution in [3.8, 4) is 0 Å². The number of hydrogen-bond acceptors (Lipinski definition) is 17. The largest absolute Gasteiger partial charge is 0.481 e. The molecular formula is C47H75N3O17P2. The third kappa shape index (κ3) is 28.5. The first-order valence-electron chi connectivity index (χ1n) is 23.5. The van der Waals surface area contributed by atoms with Gasteiger partial charge in [0.15, 0.2) is 12.3 Å². The third-order valence-corrected chi connectivity index (χ3v) is 12.8. The second-order valence-electron chi connectivity index (χ2n) is 16.8. The molecule has 0 spiro atoms. The van der Waals surface area contributed by atoms with E-state index in [0.29, 0.717) is 38.0 Å². The van der Waals surface area contributed by atoms with E-state index in [0.717, 1.165) is 49.3 Å². The number of nitrogen functional groups attached to an aromatic ring is 1. The molecule has 0 aliphatic carbocycles. The second kappa shape index (κ2) is 34.4. The van der Waals surface area contributed by atoms with Gasteiger partial charge in [-0.3, -0.25) is 23.2 Å². The van der Waals surface area contributed by atoms with E-state index < -0.39 is 95.9 Å². The lowest BCUT2D eigenvalue weighted by molar-refractivity contribution is -0.161. The first kappa shape index (κ1) is 61.2. The molecule has 0 saturated carbocycles. The van der Waals surface area contributed by atoms with Crippen molar-refractivity contribution in [1.82, 2.24) is 9.55 Å². The molecule has 2 unspecified atom stereocenters. The Balaban J connectivity index is 1.87. The normalized spacial score (nSPS) is 21.0. The van der Waals surface area contributed by atoms with Crippen LogP contribution in [0.15, 0.2) is 90.0 Å². The summed E-state index contributed by atoms with van der Waals surface area (Å²) in [4.78, 5) is 61.7. The molecule has 0 aromatic carbocycles. The van der Waals surface area contributed by atoms with E-state index >= 15 is 0 Å². The number of aliphatic hydroxyl groups excluding tert-OH is 4. The molecule has 0 bridgehead atoms. The van der Waals surface area contributed by atoms with Gasteiger partial charge >= 0.3 is 33.3 Å². The molecular weight excluding hydrogens is 940 g/mol. The topological polar surface area (TPSA) is 306 Å². The number of nitrogens with zero attached hydrogens (tertiary/aromatic N) is 2. The lowest BCUT2D eigenvalue weighted by Gasteiger charge is -2.21. The molecule has 69 heavy (non-hydrogen) atoms. The molecule has 9 atom stereocenters. The number of carbonyl (C=O) groups is 2. The van der Waals surface area contributed by atoms with Gasteiger partial charge in [-0.05, 0) is 50.5 Å².